The van der Waals surface area contributed by atoms with Gasteiger partial charge in [0.2, 0.25) is 0 Å². The van der Waals surface area contributed by atoms with Gasteiger partial charge in [-0.1, -0.05) is 29.3 Å². The predicted molar refractivity (Wildman–Crippen MR) is 85.8 cm³/mol. The van der Waals surface area contributed by atoms with Crippen molar-refractivity contribution >= 4 is 39.1 Å². The zero-order valence-electron chi connectivity index (χ0n) is 11.1. The van der Waals surface area contributed by atoms with Crippen LogP contribution in [0.4, 0.5) is 0 Å². The molecule has 1 aliphatic heterocycles. The first-order valence-corrected chi connectivity index (χ1v) is 8.56. The van der Waals surface area contributed by atoms with Crippen LogP contribution in [0.3, 0.4) is 0 Å². The summed E-state index contributed by atoms with van der Waals surface area (Å²) in [5.41, 5.74) is 2.49. The summed E-state index contributed by atoms with van der Waals surface area (Å²) in [5.74, 6) is 2.23. The molecule has 0 atom stereocenters. The van der Waals surface area contributed by atoms with Crippen LogP contribution in [-0.2, 0) is 12.8 Å². The quantitative estimate of drug-likeness (QED) is 0.630. The van der Waals surface area contributed by atoms with Crippen molar-refractivity contribution in [1.82, 2.24) is 0 Å². The van der Waals surface area contributed by atoms with Crippen LogP contribution in [0.1, 0.15) is 30.9 Å². The van der Waals surface area contributed by atoms with Gasteiger partial charge in [0.05, 0.1) is 6.61 Å². The van der Waals surface area contributed by atoms with Crippen LogP contribution in [0.25, 0.3) is 0 Å². The van der Waals surface area contributed by atoms with Crippen molar-refractivity contribution in [3.8, 4) is 5.75 Å². The van der Waals surface area contributed by atoms with E-state index in [0.717, 1.165) is 42.5 Å². The summed E-state index contributed by atoms with van der Waals surface area (Å²) >= 11 is 16.0. The Labute approximate surface area is 133 Å². The second kappa shape index (κ2) is 6.69. The minimum Gasteiger partial charge on any atom is -0.493 e. The van der Waals surface area contributed by atoms with Gasteiger partial charge in [-0.2, -0.15) is 0 Å². The van der Waals surface area contributed by atoms with Crippen LogP contribution in [0.5, 0.6) is 5.75 Å². The molecule has 0 N–H and O–H groups in total. The molecule has 0 radical (unpaired) electrons. The van der Waals surface area contributed by atoms with Crippen molar-refractivity contribution in [3.05, 3.63) is 27.7 Å². The zero-order chi connectivity index (χ0) is 13.9. The summed E-state index contributed by atoms with van der Waals surface area (Å²) in [4.78, 5) is 0. The second-order valence-electron chi connectivity index (χ2n) is 5.35. The Morgan fingerprint density at radius 1 is 1.32 bits per heavy atom. The molecule has 106 valence electrons. The molecule has 0 amide bonds. The first kappa shape index (κ1) is 15.5. The van der Waals surface area contributed by atoms with Crippen LogP contribution in [0.15, 0.2) is 16.6 Å². The highest BCUT2D eigenvalue weighted by atomic mass is 79.9. The molecule has 1 heterocycles. The molecule has 0 unspecified atom stereocenters. The lowest BCUT2D eigenvalue weighted by molar-refractivity contribution is 0.321. The number of fused-ring (bicyclic) bond motifs is 1. The summed E-state index contributed by atoms with van der Waals surface area (Å²) in [6.07, 6.45) is 4.01. The van der Waals surface area contributed by atoms with Crippen molar-refractivity contribution < 1.29 is 4.74 Å². The van der Waals surface area contributed by atoms with E-state index in [0.29, 0.717) is 11.8 Å². The summed E-state index contributed by atoms with van der Waals surface area (Å²) in [6, 6.07) is 4.29. The summed E-state index contributed by atoms with van der Waals surface area (Å²) in [7, 11) is 0. The van der Waals surface area contributed by atoms with E-state index in [1.165, 1.54) is 11.1 Å². The number of rotatable bonds is 6. The first-order valence-electron chi connectivity index (χ1n) is 6.70. The van der Waals surface area contributed by atoms with E-state index in [2.05, 4.69) is 35.0 Å². The molecule has 0 aliphatic carbocycles. The minimum atomic E-state index is -0.0294. The highest BCUT2D eigenvalue weighted by Gasteiger charge is 2.30. The van der Waals surface area contributed by atoms with E-state index in [1.54, 1.807) is 0 Å². The van der Waals surface area contributed by atoms with Gasteiger partial charge in [-0.25, -0.2) is 0 Å². The SMILES string of the molecule is CCCC(CCl)(CCl)Cc1cc(Br)cc2c1OCC2. The molecular weight excluding hydrogens is 347 g/mol. The smallest absolute Gasteiger partial charge is 0.125 e. The van der Waals surface area contributed by atoms with E-state index in [9.17, 15) is 0 Å². The predicted octanol–water partition coefficient (Wildman–Crippen LogP) is 5.19. The third-order valence-corrected chi connectivity index (χ3v) is 5.33. The highest BCUT2D eigenvalue weighted by molar-refractivity contribution is 9.10. The van der Waals surface area contributed by atoms with Gasteiger partial charge >= 0.3 is 0 Å². The molecular formula is C15H19BrCl2O. The third kappa shape index (κ3) is 3.40. The molecule has 1 aromatic carbocycles. The third-order valence-electron chi connectivity index (χ3n) is 3.74. The number of ether oxygens (including phenoxy) is 1. The molecule has 2 rings (SSSR count). The topological polar surface area (TPSA) is 9.23 Å². The van der Waals surface area contributed by atoms with Gasteiger partial charge in [-0.05, 0) is 36.1 Å². The fourth-order valence-electron chi connectivity index (χ4n) is 2.76. The Morgan fingerprint density at radius 3 is 2.68 bits per heavy atom. The Hall–Kier alpha value is 0.0800. The fraction of sp³-hybridized carbons (Fsp3) is 0.600. The summed E-state index contributed by atoms with van der Waals surface area (Å²) < 4.78 is 6.90. The molecule has 19 heavy (non-hydrogen) atoms. The van der Waals surface area contributed by atoms with Gasteiger partial charge in [0.15, 0.2) is 0 Å². The molecule has 0 spiro atoms. The maximum Gasteiger partial charge on any atom is 0.125 e. The molecule has 0 saturated heterocycles. The highest BCUT2D eigenvalue weighted by Crippen LogP contribution is 2.39. The summed E-state index contributed by atoms with van der Waals surface area (Å²) in [5, 5.41) is 0. The molecule has 0 fully saturated rings. The molecule has 0 aromatic heterocycles. The van der Waals surface area contributed by atoms with E-state index < -0.39 is 0 Å². The van der Waals surface area contributed by atoms with Gasteiger partial charge in [0, 0.05) is 28.1 Å². The van der Waals surface area contributed by atoms with Crippen LogP contribution in [-0.4, -0.2) is 18.4 Å². The second-order valence-corrected chi connectivity index (χ2v) is 6.80. The van der Waals surface area contributed by atoms with Crippen molar-refractivity contribution in [2.75, 3.05) is 18.4 Å². The minimum absolute atomic E-state index is 0.0294. The average Bonchev–Trinajstić information content (AvgIpc) is 2.86. The normalized spacial score (nSPS) is 14.3. The lowest BCUT2D eigenvalue weighted by Gasteiger charge is -2.30. The van der Waals surface area contributed by atoms with Crippen molar-refractivity contribution in [3.63, 3.8) is 0 Å². The Bertz CT molecular complexity index is 444. The number of benzene rings is 1. The van der Waals surface area contributed by atoms with Crippen LogP contribution in [0.2, 0.25) is 0 Å². The molecule has 0 saturated carbocycles. The van der Waals surface area contributed by atoms with Gasteiger partial charge in [0.25, 0.3) is 0 Å². The Balaban J connectivity index is 2.31. The standard InChI is InChI=1S/C15H19BrCl2O/c1-2-4-15(9-17,10-18)8-12-7-13(16)6-11-3-5-19-14(11)12/h6-7H,2-5,8-10H2,1H3. The fourth-order valence-corrected chi connectivity index (χ4v) is 4.06. The largest absolute Gasteiger partial charge is 0.493 e. The van der Waals surface area contributed by atoms with Crippen LogP contribution in [0, 0.1) is 5.41 Å². The molecule has 0 bridgehead atoms. The van der Waals surface area contributed by atoms with Crippen LogP contribution < -0.4 is 4.74 Å². The molecule has 1 aliphatic rings. The monoisotopic (exact) mass is 364 g/mol. The Morgan fingerprint density at radius 2 is 2.05 bits per heavy atom. The van der Waals surface area contributed by atoms with Crippen molar-refractivity contribution in [2.24, 2.45) is 5.41 Å². The Kier molecular flexibility index (Phi) is 5.45. The maximum absolute atomic E-state index is 6.21. The van der Waals surface area contributed by atoms with E-state index in [1.807, 2.05) is 0 Å². The van der Waals surface area contributed by atoms with E-state index >= 15 is 0 Å². The first-order chi connectivity index (χ1) is 9.14. The zero-order valence-corrected chi connectivity index (χ0v) is 14.2. The maximum atomic E-state index is 6.21. The molecule has 1 aromatic rings. The van der Waals surface area contributed by atoms with Gasteiger partial charge < -0.3 is 4.74 Å². The molecule has 1 nitrogen and oxygen atoms in total. The van der Waals surface area contributed by atoms with Gasteiger partial charge in [-0.3, -0.25) is 0 Å². The summed E-state index contributed by atoms with van der Waals surface area (Å²) in [6.45, 7) is 2.96. The molecule has 4 heteroatoms. The average molecular weight is 366 g/mol. The lowest BCUT2D eigenvalue weighted by Crippen LogP contribution is -2.28. The number of halogens is 3. The van der Waals surface area contributed by atoms with E-state index in [-0.39, 0.29) is 5.41 Å². The number of alkyl halides is 2. The van der Waals surface area contributed by atoms with Gasteiger partial charge in [-0.15, -0.1) is 23.2 Å². The van der Waals surface area contributed by atoms with Crippen molar-refractivity contribution in [2.45, 2.75) is 32.6 Å². The number of hydrogen-bond acceptors (Lipinski definition) is 1. The van der Waals surface area contributed by atoms with E-state index in [4.69, 9.17) is 27.9 Å². The lowest BCUT2D eigenvalue weighted by atomic mass is 9.81. The van der Waals surface area contributed by atoms with Gasteiger partial charge in [0.1, 0.15) is 5.75 Å². The number of hydrogen-bond donors (Lipinski definition) is 0. The van der Waals surface area contributed by atoms with Crippen LogP contribution >= 0.6 is 39.1 Å². The van der Waals surface area contributed by atoms with Crippen molar-refractivity contribution in [1.29, 1.82) is 0 Å².